The van der Waals surface area contributed by atoms with Gasteiger partial charge in [0.15, 0.2) is 0 Å². The summed E-state index contributed by atoms with van der Waals surface area (Å²) in [4.78, 5) is 11.3. The Hall–Kier alpha value is -1.71. The van der Waals surface area contributed by atoms with Gasteiger partial charge in [0.1, 0.15) is 0 Å². The molecule has 0 spiro atoms. The minimum atomic E-state index is 0.0429. The van der Waals surface area contributed by atoms with Crippen LogP contribution in [0.3, 0.4) is 0 Å². The first kappa shape index (κ1) is 12.7. The summed E-state index contributed by atoms with van der Waals surface area (Å²) in [5, 5.41) is 6.18. The molecular weight excluding hydrogens is 226 g/mol. The van der Waals surface area contributed by atoms with E-state index in [9.17, 15) is 4.79 Å². The van der Waals surface area contributed by atoms with E-state index in [0.717, 1.165) is 41.5 Å². The standard InChI is InChI=1S/C14H21N3O/c1-9(2)4-3-5-16-13-8-12-10(6-11(13)15)7-14(18)17-12/h6,8-9,16H,3-5,7,15H2,1-2H3,(H,17,18). The molecule has 0 radical (unpaired) electrons. The number of hydrogen-bond acceptors (Lipinski definition) is 3. The Morgan fingerprint density at radius 2 is 2.22 bits per heavy atom. The summed E-state index contributed by atoms with van der Waals surface area (Å²) < 4.78 is 0. The molecule has 0 bridgehead atoms. The maximum Gasteiger partial charge on any atom is 0.228 e. The van der Waals surface area contributed by atoms with Crippen molar-refractivity contribution in [3.63, 3.8) is 0 Å². The SMILES string of the molecule is CC(C)CCCNc1cc2c(cc1N)CC(=O)N2. The highest BCUT2D eigenvalue weighted by atomic mass is 16.1. The first-order chi connectivity index (χ1) is 8.56. The number of amides is 1. The predicted molar refractivity (Wildman–Crippen MR) is 75.7 cm³/mol. The molecule has 0 unspecified atom stereocenters. The van der Waals surface area contributed by atoms with Crippen molar-refractivity contribution >= 4 is 23.0 Å². The van der Waals surface area contributed by atoms with Crippen LogP contribution < -0.4 is 16.4 Å². The highest BCUT2D eigenvalue weighted by Crippen LogP contribution is 2.31. The number of nitrogens with one attached hydrogen (secondary N) is 2. The van der Waals surface area contributed by atoms with Gasteiger partial charge < -0.3 is 16.4 Å². The zero-order chi connectivity index (χ0) is 13.1. The number of fused-ring (bicyclic) bond motifs is 1. The van der Waals surface area contributed by atoms with E-state index in [1.807, 2.05) is 12.1 Å². The van der Waals surface area contributed by atoms with Gasteiger partial charge in [-0.3, -0.25) is 4.79 Å². The number of nitrogens with two attached hydrogens (primary N) is 1. The smallest absolute Gasteiger partial charge is 0.228 e. The van der Waals surface area contributed by atoms with Crippen LogP contribution in [0.1, 0.15) is 32.3 Å². The van der Waals surface area contributed by atoms with E-state index in [1.54, 1.807) is 0 Å². The number of carbonyl (C=O) groups is 1. The highest BCUT2D eigenvalue weighted by molar-refractivity contribution is 6.00. The topological polar surface area (TPSA) is 67.1 Å². The van der Waals surface area contributed by atoms with Crippen molar-refractivity contribution in [2.24, 2.45) is 5.92 Å². The van der Waals surface area contributed by atoms with Gasteiger partial charge in [-0.1, -0.05) is 13.8 Å². The zero-order valence-electron chi connectivity index (χ0n) is 11.0. The third-order valence-electron chi connectivity index (χ3n) is 3.17. The third-order valence-corrected chi connectivity index (χ3v) is 3.17. The Morgan fingerprint density at radius 1 is 1.44 bits per heavy atom. The highest BCUT2D eigenvalue weighted by Gasteiger charge is 2.19. The summed E-state index contributed by atoms with van der Waals surface area (Å²) in [5.41, 5.74) is 9.49. The normalized spacial score (nSPS) is 13.6. The van der Waals surface area contributed by atoms with Gasteiger partial charge in [-0.25, -0.2) is 0 Å². The Bertz CT molecular complexity index is 455. The van der Waals surface area contributed by atoms with Crippen LogP contribution in [0, 0.1) is 5.92 Å². The summed E-state index contributed by atoms with van der Waals surface area (Å²) in [6, 6.07) is 3.82. The Labute approximate surface area is 108 Å². The summed E-state index contributed by atoms with van der Waals surface area (Å²) in [7, 11) is 0. The second-order valence-corrected chi connectivity index (χ2v) is 5.28. The number of nitrogen functional groups attached to an aromatic ring is 1. The van der Waals surface area contributed by atoms with Gasteiger partial charge in [-0.05, 0) is 36.5 Å². The molecule has 1 aromatic rings. The minimum absolute atomic E-state index is 0.0429. The van der Waals surface area contributed by atoms with Crippen molar-refractivity contribution in [3.8, 4) is 0 Å². The van der Waals surface area contributed by atoms with Gasteiger partial charge >= 0.3 is 0 Å². The molecule has 0 fully saturated rings. The number of rotatable bonds is 5. The van der Waals surface area contributed by atoms with Crippen LogP contribution in [-0.2, 0) is 11.2 Å². The van der Waals surface area contributed by atoms with Crippen molar-refractivity contribution in [3.05, 3.63) is 17.7 Å². The zero-order valence-corrected chi connectivity index (χ0v) is 11.0. The molecule has 4 heteroatoms. The average Bonchev–Trinajstić information content (AvgIpc) is 2.63. The molecule has 98 valence electrons. The Balaban J connectivity index is 1.97. The molecule has 4 nitrogen and oxygen atoms in total. The molecule has 0 saturated carbocycles. The predicted octanol–water partition coefficient (Wildman–Crippen LogP) is 2.61. The minimum Gasteiger partial charge on any atom is -0.397 e. The maximum atomic E-state index is 11.3. The van der Waals surface area contributed by atoms with Gasteiger partial charge in [0.25, 0.3) is 0 Å². The third kappa shape index (κ3) is 2.94. The van der Waals surface area contributed by atoms with Crippen molar-refractivity contribution < 1.29 is 4.79 Å². The lowest BCUT2D eigenvalue weighted by molar-refractivity contribution is -0.115. The molecule has 4 N–H and O–H groups in total. The van der Waals surface area contributed by atoms with E-state index in [1.165, 1.54) is 6.42 Å². The molecule has 2 rings (SSSR count). The van der Waals surface area contributed by atoms with Crippen LogP contribution in [0.2, 0.25) is 0 Å². The first-order valence-corrected chi connectivity index (χ1v) is 6.52. The monoisotopic (exact) mass is 247 g/mol. The van der Waals surface area contributed by atoms with E-state index in [-0.39, 0.29) is 5.91 Å². The van der Waals surface area contributed by atoms with Crippen LogP contribution in [-0.4, -0.2) is 12.5 Å². The van der Waals surface area contributed by atoms with Crippen molar-refractivity contribution in [2.45, 2.75) is 33.1 Å². The molecule has 0 saturated heterocycles. The molecule has 18 heavy (non-hydrogen) atoms. The quantitative estimate of drug-likeness (QED) is 0.553. The second-order valence-electron chi connectivity index (χ2n) is 5.28. The van der Waals surface area contributed by atoms with Crippen LogP contribution in [0.5, 0.6) is 0 Å². The lowest BCUT2D eigenvalue weighted by Gasteiger charge is -2.12. The van der Waals surface area contributed by atoms with Crippen LogP contribution in [0.25, 0.3) is 0 Å². The molecule has 1 amide bonds. The number of carbonyl (C=O) groups excluding carboxylic acids is 1. The van der Waals surface area contributed by atoms with E-state index in [4.69, 9.17) is 5.73 Å². The second kappa shape index (κ2) is 5.29. The van der Waals surface area contributed by atoms with Gasteiger partial charge in [0.05, 0.1) is 17.8 Å². The van der Waals surface area contributed by atoms with E-state index in [2.05, 4.69) is 24.5 Å². The summed E-state index contributed by atoms with van der Waals surface area (Å²) in [5.74, 6) is 0.768. The molecule has 0 atom stereocenters. The molecule has 0 aliphatic carbocycles. The van der Waals surface area contributed by atoms with Gasteiger partial charge in [-0.15, -0.1) is 0 Å². The lowest BCUT2D eigenvalue weighted by atomic mass is 10.1. The van der Waals surface area contributed by atoms with Crippen molar-refractivity contribution in [1.82, 2.24) is 0 Å². The fourth-order valence-electron chi connectivity index (χ4n) is 2.18. The van der Waals surface area contributed by atoms with Gasteiger partial charge in [0.2, 0.25) is 5.91 Å². The van der Waals surface area contributed by atoms with Gasteiger partial charge in [0, 0.05) is 12.2 Å². The summed E-state index contributed by atoms with van der Waals surface area (Å²) in [6.45, 7) is 5.35. The summed E-state index contributed by atoms with van der Waals surface area (Å²) >= 11 is 0. The van der Waals surface area contributed by atoms with Crippen LogP contribution in [0.15, 0.2) is 12.1 Å². The molecule has 1 aliphatic rings. The number of anilines is 3. The molecular formula is C14H21N3O. The lowest BCUT2D eigenvalue weighted by Crippen LogP contribution is -2.06. The van der Waals surface area contributed by atoms with E-state index < -0.39 is 0 Å². The van der Waals surface area contributed by atoms with Crippen molar-refractivity contribution in [1.29, 1.82) is 0 Å². The Kier molecular flexibility index (Phi) is 3.75. The van der Waals surface area contributed by atoms with E-state index >= 15 is 0 Å². The fraction of sp³-hybridized carbons (Fsp3) is 0.500. The largest absolute Gasteiger partial charge is 0.397 e. The summed E-state index contributed by atoms with van der Waals surface area (Å²) in [6.07, 6.45) is 2.77. The van der Waals surface area contributed by atoms with Crippen LogP contribution >= 0.6 is 0 Å². The van der Waals surface area contributed by atoms with Crippen LogP contribution in [0.4, 0.5) is 17.1 Å². The number of benzene rings is 1. The average molecular weight is 247 g/mol. The van der Waals surface area contributed by atoms with Crippen molar-refractivity contribution in [2.75, 3.05) is 22.9 Å². The maximum absolute atomic E-state index is 11.3. The van der Waals surface area contributed by atoms with Gasteiger partial charge in [-0.2, -0.15) is 0 Å². The molecule has 1 heterocycles. The fourth-order valence-corrected chi connectivity index (χ4v) is 2.18. The van der Waals surface area contributed by atoms with E-state index in [0.29, 0.717) is 6.42 Å². The molecule has 1 aliphatic heterocycles. The molecule has 1 aromatic carbocycles. The molecule has 0 aromatic heterocycles. The first-order valence-electron chi connectivity index (χ1n) is 6.52. The number of hydrogen-bond donors (Lipinski definition) is 3. The Morgan fingerprint density at radius 3 is 2.94 bits per heavy atom.